The number of nitrogens with one attached hydrogen (secondary N) is 1. The van der Waals surface area contributed by atoms with E-state index in [9.17, 15) is 4.79 Å². The lowest BCUT2D eigenvalue weighted by Gasteiger charge is -2.10. The standard InChI is InChI=1S/C20H16ClN3OS/c1-2-12-22-19(25)17-13-23-18(14-6-4-3-5-7-14)24-20(17)26-16-10-8-15(21)9-11-16/h2-11,13H,1,12H2,(H,22,25). The van der Waals surface area contributed by atoms with Gasteiger partial charge in [0.1, 0.15) is 5.03 Å². The molecule has 0 spiro atoms. The summed E-state index contributed by atoms with van der Waals surface area (Å²) in [6, 6.07) is 17.1. The molecule has 1 aromatic heterocycles. The summed E-state index contributed by atoms with van der Waals surface area (Å²) in [6.45, 7) is 3.99. The van der Waals surface area contributed by atoms with E-state index in [0.717, 1.165) is 10.5 Å². The van der Waals surface area contributed by atoms with E-state index in [1.165, 1.54) is 11.8 Å². The number of carbonyl (C=O) groups excluding carboxylic acids is 1. The minimum Gasteiger partial charge on any atom is -0.348 e. The number of benzene rings is 2. The van der Waals surface area contributed by atoms with Gasteiger partial charge in [0, 0.05) is 28.2 Å². The Balaban J connectivity index is 1.99. The molecule has 0 atom stereocenters. The third kappa shape index (κ3) is 4.50. The first-order chi connectivity index (χ1) is 12.7. The summed E-state index contributed by atoms with van der Waals surface area (Å²) in [4.78, 5) is 22.4. The van der Waals surface area contributed by atoms with Crippen molar-refractivity contribution in [1.29, 1.82) is 0 Å². The number of hydrogen-bond donors (Lipinski definition) is 1. The van der Waals surface area contributed by atoms with Crippen LogP contribution in [0.2, 0.25) is 5.02 Å². The van der Waals surface area contributed by atoms with Crippen molar-refractivity contribution in [3.05, 3.63) is 84.0 Å². The van der Waals surface area contributed by atoms with Gasteiger partial charge in [-0.1, -0.05) is 59.8 Å². The molecule has 0 aliphatic carbocycles. The van der Waals surface area contributed by atoms with Gasteiger partial charge in [-0.2, -0.15) is 0 Å². The highest BCUT2D eigenvalue weighted by atomic mass is 35.5. The van der Waals surface area contributed by atoms with Gasteiger partial charge in [-0.25, -0.2) is 9.97 Å². The highest BCUT2D eigenvalue weighted by molar-refractivity contribution is 7.99. The second kappa shape index (κ2) is 8.65. The molecule has 0 aliphatic rings. The van der Waals surface area contributed by atoms with Crippen molar-refractivity contribution in [2.75, 3.05) is 6.54 Å². The fourth-order valence-electron chi connectivity index (χ4n) is 2.20. The highest BCUT2D eigenvalue weighted by Crippen LogP contribution is 2.31. The topological polar surface area (TPSA) is 54.9 Å². The van der Waals surface area contributed by atoms with E-state index in [0.29, 0.717) is 28.0 Å². The van der Waals surface area contributed by atoms with E-state index < -0.39 is 0 Å². The van der Waals surface area contributed by atoms with Crippen molar-refractivity contribution < 1.29 is 4.79 Å². The molecular formula is C20H16ClN3OS. The minimum atomic E-state index is -0.235. The van der Waals surface area contributed by atoms with Crippen molar-refractivity contribution in [2.24, 2.45) is 0 Å². The third-order valence-corrected chi connectivity index (χ3v) is 4.73. The summed E-state index contributed by atoms with van der Waals surface area (Å²) in [5.74, 6) is 0.336. The summed E-state index contributed by atoms with van der Waals surface area (Å²) in [5.41, 5.74) is 1.31. The van der Waals surface area contributed by atoms with Crippen LogP contribution in [-0.2, 0) is 0 Å². The Hall–Kier alpha value is -2.63. The van der Waals surface area contributed by atoms with Gasteiger partial charge in [0.25, 0.3) is 5.91 Å². The molecule has 0 saturated carbocycles. The van der Waals surface area contributed by atoms with E-state index in [1.54, 1.807) is 24.4 Å². The van der Waals surface area contributed by atoms with Crippen LogP contribution in [0.25, 0.3) is 11.4 Å². The molecule has 0 aliphatic heterocycles. The largest absolute Gasteiger partial charge is 0.348 e. The number of carbonyl (C=O) groups is 1. The number of nitrogens with zero attached hydrogens (tertiary/aromatic N) is 2. The minimum absolute atomic E-state index is 0.235. The second-order valence-electron chi connectivity index (χ2n) is 5.33. The second-order valence-corrected chi connectivity index (χ2v) is 6.83. The summed E-state index contributed by atoms with van der Waals surface area (Å²) >= 11 is 7.35. The fourth-order valence-corrected chi connectivity index (χ4v) is 3.21. The Bertz CT molecular complexity index is 914. The number of rotatable bonds is 6. The molecule has 0 bridgehead atoms. The van der Waals surface area contributed by atoms with E-state index in [1.807, 2.05) is 42.5 Å². The van der Waals surface area contributed by atoms with Crippen LogP contribution in [0.4, 0.5) is 0 Å². The van der Waals surface area contributed by atoms with Crippen molar-refractivity contribution >= 4 is 29.3 Å². The molecule has 3 aromatic rings. The zero-order valence-corrected chi connectivity index (χ0v) is 15.4. The maximum absolute atomic E-state index is 12.4. The van der Waals surface area contributed by atoms with E-state index in [4.69, 9.17) is 11.6 Å². The normalized spacial score (nSPS) is 10.3. The Morgan fingerprint density at radius 2 is 1.88 bits per heavy atom. The molecule has 6 heteroatoms. The van der Waals surface area contributed by atoms with E-state index in [-0.39, 0.29) is 5.91 Å². The number of hydrogen-bond acceptors (Lipinski definition) is 4. The molecule has 2 aromatic carbocycles. The summed E-state index contributed by atoms with van der Waals surface area (Å²) in [5, 5.41) is 4.02. The van der Waals surface area contributed by atoms with Gasteiger partial charge in [0.05, 0.1) is 5.56 Å². The maximum Gasteiger partial charge on any atom is 0.255 e. The molecule has 0 unspecified atom stereocenters. The molecule has 130 valence electrons. The Labute approximate surface area is 161 Å². The highest BCUT2D eigenvalue weighted by Gasteiger charge is 2.16. The first-order valence-electron chi connectivity index (χ1n) is 7.92. The van der Waals surface area contributed by atoms with Crippen LogP contribution in [0.3, 0.4) is 0 Å². The molecule has 1 heterocycles. The molecule has 0 saturated heterocycles. The Morgan fingerprint density at radius 1 is 1.15 bits per heavy atom. The van der Waals surface area contributed by atoms with Gasteiger partial charge in [-0.05, 0) is 24.3 Å². The maximum atomic E-state index is 12.4. The number of halogens is 1. The Kier molecular flexibility index (Phi) is 6.04. The fraction of sp³-hybridized carbons (Fsp3) is 0.0500. The van der Waals surface area contributed by atoms with Crippen LogP contribution in [0.15, 0.2) is 83.4 Å². The molecule has 4 nitrogen and oxygen atoms in total. The van der Waals surface area contributed by atoms with Crippen molar-refractivity contribution in [2.45, 2.75) is 9.92 Å². The van der Waals surface area contributed by atoms with Crippen LogP contribution in [0.1, 0.15) is 10.4 Å². The van der Waals surface area contributed by atoms with E-state index in [2.05, 4.69) is 21.9 Å². The monoisotopic (exact) mass is 381 g/mol. The molecule has 0 radical (unpaired) electrons. The summed E-state index contributed by atoms with van der Waals surface area (Å²) < 4.78 is 0. The zero-order valence-electron chi connectivity index (χ0n) is 13.9. The molecule has 3 rings (SSSR count). The van der Waals surface area contributed by atoms with Crippen molar-refractivity contribution in [1.82, 2.24) is 15.3 Å². The average Bonchev–Trinajstić information content (AvgIpc) is 2.68. The van der Waals surface area contributed by atoms with E-state index >= 15 is 0 Å². The predicted molar refractivity (Wildman–Crippen MR) is 106 cm³/mol. The lowest BCUT2D eigenvalue weighted by atomic mass is 10.2. The van der Waals surface area contributed by atoms with Crippen molar-refractivity contribution in [3.63, 3.8) is 0 Å². The lowest BCUT2D eigenvalue weighted by molar-refractivity contribution is 0.0954. The summed E-state index contributed by atoms with van der Waals surface area (Å²) in [7, 11) is 0. The van der Waals surface area contributed by atoms with Crippen molar-refractivity contribution in [3.8, 4) is 11.4 Å². The smallest absolute Gasteiger partial charge is 0.255 e. The third-order valence-electron chi connectivity index (χ3n) is 3.47. The van der Waals surface area contributed by atoms with Gasteiger partial charge in [0.15, 0.2) is 5.82 Å². The zero-order chi connectivity index (χ0) is 18.4. The summed E-state index contributed by atoms with van der Waals surface area (Å²) in [6.07, 6.45) is 3.19. The van der Waals surface area contributed by atoms with Crippen LogP contribution in [-0.4, -0.2) is 22.4 Å². The SMILES string of the molecule is C=CCNC(=O)c1cnc(-c2ccccc2)nc1Sc1ccc(Cl)cc1. The molecule has 1 amide bonds. The van der Waals surface area contributed by atoms with Gasteiger partial charge in [0.2, 0.25) is 0 Å². The van der Waals surface area contributed by atoms with Crippen LogP contribution in [0, 0.1) is 0 Å². The van der Waals surface area contributed by atoms with Crippen LogP contribution >= 0.6 is 23.4 Å². The first kappa shape index (κ1) is 18.2. The van der Waals surface area contributed by atoms with Gasteiger partial charge in [-0.15, -0.1) is 6.58 Å². The van der Waals surface area contributed by atoms with Crippen LogP contribution in [0.5, 0.6) is 0 Å². The predicted octanol–water partition coefficient (Wildman–Crippen LogP) is 4.86. The molecular weight excluding hydrogens is 366 g/mol. The lowest BCUT2D eigenvalue weighted by Crippen LogP contribution is -2.24. The first-order valence-corrected chi connectivity index (χ1v) is 9.12. The van der Waals surface area contributed by atoms with Crippen LogP contribution < -0.4 is 5.32 Å². The quantitative estimate of drug-likeness (QED) is 0.489. The average molecular weight is 382 g/mol. The number of amides is 1. The number of aromatic nitrogens is 2. The van der Waals surface area contributed by atoms with Gasteiger partial charge >= 0.3 is 0 Å². The molecule has 1 N–H and O–H groups in total. The Morgan fingerprint density at radius 3 is 2.58 bits per heavy atom. The van der Waals surface area contributed by atoms with Gasteiger partial charge < -0.3 is 5.32 Å². The van der Waals surface area contributed by atoms with Gasteiger partial charge in [-0.3, -0.25) is 4.79 Å². The molecule has 26 heavy (non-hydrogen) atoms. The molecule has 0 fully saturated rings.